The van der Waals surface area contributed by atoms with E-state index in [0.717, 1.165) is 22.0 Å². The number of nitrogens with one attached hydrogen (secondary N) is 1. The number of halogens is 1. The molecule has 0 atom stereocenters. The third kappa shape index (κ3) is 5.50. The number of aryl methyl sites for hydroxylation is 2. The highest BCUT2D eigenvalue weighted by molar-refractivity contribution is 8.25. The largest absolute Gasteiger partial charge is 0.443 e. The molecule has 0 aliphatic rings. The molecule has 10 nitrogen and oxygen atoms in total. The summed E-state index contributed by atoms with van der Waals surface area (Å²) in [7, 11) is -2.01. The van der Waals surface area contributed by atoms with E-state index in [0.29, 0.717) is 40.8 Å². The monoisotopic (exact) mass is 604 g/mol. The standard InChI is InChI=1S/C29H25FN6O4S2/c1-35(42(38,39)22-6-2-5-20(30)14-22)21-7-8-24-23(15-21)33-29(36(24)13-11-19-4-3-12-31-16-19)34-28(37)27-10-9-26(41-27)25-17-32-18-40-25/h2-10,12,14-18,38-39H,11,13H2,1H3,(H,33,34,37). The van der Waals surface area contributed by atoms with Crippen LogP contribution in [0.1, 0.15) is 15.2 Å². The molecule has 0 spiro atoms. The molecule has 1 amide bonds. The van der Waals surface area contributed by atoms with Gasteiger partial charge in [-0.1, -0.05) is 22.9 Å². The van der Waals surface area contributed by atoms with Gasteiger partial charge >= 0.3 is 0 Å². The van der Waals surface area contributed by atoms with E-state index in [1.807, 2.05) is 16.7 Å². The van der Waals surface area contributed by atoms with Crippen molar-refractivity contribution >= 4 is 50.7 Å². The Morgan fingerprint density at radius 1 is 1.10 bits per heavy atom. The lowest BCUT2D eigenvalue weighted by molar-refractivity contribution is 0.102. The van der Waals surface area contributed by atoms with E-state index in [1.54, 1.807) is 48.9 Å². The number of aromatic nitrogens is 4. The molecule has 0 radical (unpaired) electrons. The third-order valence-electron chi connectivity index (χ3n) is 6.67. The summed E-state index contributed by atoms with van der Waals surface area (Å²) < 4.78 is 44.3. The van der Waals surface area contributed by atoms with Gasteiger partial charge in [-0.05, 0) is 66.6 Å². The maximum absolute atomic E-state index is 13.8. The van der Waals surface area contributed by atoms with Gasteiger partial charge in [0.1, 0.15) is 5.82 Å². The molecule has 4 heterocycles. The lowest BCUT2D eigenvalue weighted by atomic mass is 10.2. The molecule has 0 bridgehead atoms. The van der Waals surface area contributed by atoms with E-state index >= 15 is 0 Å². The van der Waals surface area contributed by atoms with Crippen molar-refractivity contribution in [2.75, 3.05) is 16.7 Å². The van der Waals surface area contributed by atoms with E-state index in [2.05, 4.69) is 15.3 Å². The third-order valence-corrected chi connectivity index (χ3v) is 9.63. The minimum atomic E-state index is -3.53. The van der Waals surface area contributed by atoms with Gasteiger partial charge in [0.2, 0.25) is 5.95 Å². The van der Waals surface area contributed by atoms with Crippen LogP contribution in [0.5, 0.6) is 0 Å². The Labute approximate surface area is 245 Å². The highest BCUT2D eigenvalue weighted by atomic mass is 32.3. The van der Waals surface area contributed by atoms with Crippen molar-refractivity contribution in [3.05, 3.63) is 108 Å². The summed E-state index contributed by atoms with van der Waals surface area (Å²) in [6, 6.07) is 17.8. The molecule has 214 valence electrons. The van der Waals surface area contributed by atoms with Gasteiger partial charge in [0.05, 0.1) is 37.6 Å². The Bertz CT molecular complexity index is 1860. The van der Waals surface area contributed by atoms with E-state index < -0.39 is 16.6 Å². The Kier molecular flexibility index (Phi) is 7.47. The number of oxazole rings is 1. The SMILES string of the molecule is CN(c1ccc2c(c1)nc(NC(=O)c1ccc(-c3cnco3)s1)n2CCc1cccnc1)S(O)(O)c1cccc(F)c1. The second-order valence-corrected chi connectivity index (χ2v) is 12.5. The first kappa shape index (κ1) is 27.6. The zero-order valence-electron chi connectivity index (χ0n) is 22.2. The van der Waals surface area contributed by atoms with Gasteiger partial charge < -0.3 is 8.98 Å². The number of hydrogen-bond donors (Lipinski definition) is 3. The molecule has 2 aromatic carbocycles. The number of nitrogens with zero attached hydrogens (tertiary/aromatic N) is 5. The van der Waals surface area contributed by atoms with Crippen molar-refractivity contribution in [2.45, 2.75) is 17.9 Å². The van der Waals surface area contributed by atoms with E-state index in [4.69, 9.17) is 9.40 Å². The zero-order valence-corrected chi connectivity index (χ0v) is 23.8. The molecule has 0 saturated carbocycles. The maximum Gasteiger partial charge on any atom is 0.268 e. The average molecular weight is 605 g/mol. The summed E-state index contributed by atoms with van der Waals surface area (Å²) in [5, 5.41) is 2.93. The zero-order chi connectivity index (χ0) is 29.3. The van der Waals surface area contributed by atoms with Crippen LogP contribution in [0.4, 0.5) is 16.0 Å². The van der Waals surface area contributed by atoms with Crippen molar-refractivity contribution in [3.63, 3.8) is 0 Å². The van der Waals surface area contributed by atoms with E-state index in [-0.39, 0.29) is 10.8 Å². The molecule has 13 heteroatoms. The number of hydrogen-bond acceptors (Lipinski definition) is 9. The topological polar surface area (TPSA) is 130 Å². The summed E-state index contributed by atoms with van der Waals surface area (Å²) in [6.07, 6.45) is 7.06. The van der Waals surface area contributed by atoms with Crippen molar-refractivity contribution in [1.82, 2.24) is 19.5 Å². The second kappa shape index (κ2) is 11.4. The van der Waals surface area contributed by atoms with Gasteiger partial charge in [-0.3, -0.25) is 28.5 Å². The Balaban J connectivity index is 1.33. The van der Waals surface area contributed by atoms with Crippen LogP contribution in [-0.2, 0) is 13.0 Å². The van der Waals surface area contributed by atoms with E-state index in [1.165, 1.54) is 47.3 Å². The van der Waals surface area contributed by atoms with Gasteiger partial charge in [-0.2, -0.15) is 0 Å². The Morgan fingerprint density at radius 2 is 1.98 bits per heavy atom. The smallest absolute Gasteiger partial charge is 0.268 e. The summed E-state index contributed by atoms with van der Waals surface area (Å²) in [5.41, 5.74) is 2.74. The Hall–Kier alpha value is -4.56. The van der Waals surface area contributed by atoms with Crippen LogP contribution in [0.2, 0.25) is 0 Å². The molecular formula is C29H25FN6O4S2. The molecule has 0 aliphatic carbocycles. The van der Waals surface area contributed by atoms with Crippen LogP contribution in [-0.4, -0.2) is 41.6 Å². The highest BCUT2D eigenvalue weighted by Gasteiger charge is 2.24. The van der Waals surface area contributed by atoms with Gasteiger partial charge in [-0.15, -0.1) is 11.3 Å². The number of anilines is 2. The number of amides is 1. The van der Waals surface area contributed by atoms with Crippen LogP contribution >= 0.6 is 22.1 Å². The summed E-state index contributed by atoms with van der Waals surface area (Å²) in [6.45, 7) is 0.499. The van der Waals surface area contributed by atoms with Gasteiger partial charge in [0.15, 0.2) is 12.2 Å². The first-order valence-corrected chi connectivity index (χ1v) is 15.1. The van der Waals surface area contributed by atoms with Crippen LogP contribution in [0.25, 0.3) is 21.7 Å². The number of pyridine rings is 1. The predicted molar refractivity (Wildman–Crippen MR) is 161 cm³/mol. The number of carbonyl (C=O) groups excluding carboxylic acids is 1. The molecule has 0 fully saturated rings. The lowest BCUT2D eigenvalue weighted by Crippen LogP contribution is -2.23. The number of rotatable bonds is 9. The molecule has 0 saturated heterocycles. The number of benzene rings is 2. The van der Waals surface area contributed by atoms with Crippen LogP contribution in [0.3, 0.4) is 0 Å². The maximum atomic E-state index is 13.8. The first-order valence-electron chi connectivity index (χ1n) is 12.8. The molecule has 4 aromatic heterocycles. The van der Waals surface area contributed by atoms with Crippen molar-refractivity contribution in [1.29, 1.82) is 0 Å². The number of imidazole rings is 1. The molecule has 0 aliphatic heterocycles. The molecule has 0 unspecified atom stereocenters. The lowest BCUT2D eigenvalue weighted by Gasteiger charge is -2.41. The van der Waals surface area contributed by atoms with Gasteiger partial charge in [-0.25, -0.2) is 14.4 Å². The average Bonchev–Trinajstić information content (AvgIpc) is 3.76. The molecule has 42 heavy (non-hydrogen) atoms. The minimum absolute atomic E-state index is 0.0562. The fourth-order valence-corrected chi connectivity index (χ4v) is 6.57. The first-order chi connectivity index (χ1) is 20.3. The van der Waals surface area contributed by atoms with Crippen LogP contribution in [0, 0.1) is 5.82 Å². The molecule has 6 aromatic rings. The van der Waals surface area contributed by atoms with Crippen molar-refractivity contribution < 1.29 is 22.7 Å². The molecule has 6 rings (SSSR count). The Morgan fingerprint density at radius 3 is 2.74 bits per heavy atom. The quantitative estimate of drug-likeness (QED) is 0.162. The summed E-state index contributed by atoms with van der Waals surface area (Å²) in [4.78, 5) is 27.4. The fraction of sp³-hybridized carbons (Fsp3) is 0.103. The predicted octanol–water partition coefficient (Wildman–Crippen LogP) is 6.94. The fourth-order valence-electron chi connectivity index (χ4n) is 4.46. The number of fused-ring (bicyclic) bond motifs is 1. The normalized spacial score (nSPS) is 12.0. The summed E-state index contributed by atoms with van der Waals surface area (Å²) >= 11 is 1.27. The number of thiophene rings is 1. The highest BCUT2D eigenvalue weighted by Crippen LogP contribution is 2.52. The summed E-state index contributed by atoms with van der Waals surface area (Å²) in [5.74, 6) is 0.0118. The van der Waals surface area contributed by atoms with Crippen molar-refractivity contribution in [2.24, 2.45) is 0 Å². The van der Waals surface area contributed by atoms with E-state index in [9.17, 15) is 18.3 Å². The van der Waals surface area contributed by atoms with Crippen molar-refractivity contribution in [3.8, 4) is 10.6 Å². The molecular weight excluding hydrogens is 579 g/mol. The van der Waals surface area contributed by atoms with Crippen LogP contribution in [0.15, 0.2) is 101 Å². The minimum Gasteiger partial charge on any atom is -0.443 e. The molecule has 3 N–H and O–H groups in total. The number of carbonyl (C=O) groups is 1. The van der Waals surface area contributed by atoms with Gasteiger partial charge in [0, 0.05) is 26.0 Å². The second-order valence-electron chi connectivity index (χ2n) is 9.33. The van der Waals surface area contributed by atoms with Gasteiger partial charge in [0.25, 0.3) is 5.91 Å². The van der Waals surface area contributed by atoms with Crippen LogP contribution < -0.4 is 9.62 Å².